The molecule has 0 spiro atoms. The number of nitrogens with zero attached hydrogens (tertiary/aromatic N) is 2. The molecule has 0 saturated carbocycles. The van der Waals surface area contributed by atoms with Crippen molar-refractivity contribution < 1.29 is 4.74 Å². The molecule has 2 rings (SSSR count). The number of hydrogen-bond donors (Lipinski definition) is 1. The Labute approximate surface area is 126 Å². The number of nitrogens with one attached hydrogen (secondary N) is 1. The Bertz CT molecular complexity index is 623. The van der Waals surface area contributed by atoms with Crippen LogP contribution in [0.15, 0.2) is 24.5 Å². The van der Waals surface area contributed by atoms with Gasteiger partial charge in [0.1, 0.15) is 17.9 Å². The molecule has 0 fully saturated rings. The highest BCUT2D eigenvalue weighted by Gasteiger charge is 2.17. The lowest BCUT2D eigenvalue weighted by Crippen LogP contribution is -2.08. The Kier molecular flexibility index (Phi) is 4.78. The van der Waals surface area contributed by atoms with Gasteiger partial charge >= 0.3 is 0 Å². The maximum absolute atomic E-state index is 5.28. The molecule has 4 nitrogen and oxygen atoms in total. The van der Waals surface area contributed by atoms with Gasteiger partial charge in [-0.15, -0.1) is 0 Å². The quantitative estimate of drug-likeness (QED) is 0.901. The van der Waals surface area contributed by atoms with Crippen LogP contribution in [0.5, 0.6) is 5.75 Å². The standard InChI is InChI=1S/C17H23N3O/c1-6-18-17-15(11(2)3)16(19-10-20-17)14-8-7-13(21-5)9-12(14)4/h7-11H,6H2,1-5H3,(H,18,19,20). The molecule has 21 heavy (non-hydrogen) atoms. The first kappa shape index (κ1) is 15.3. The summed E-state index contributed by atoms with van der Waals surface area (Å²) in [4.78, 5) is 8.93. The van der Waals surface area contributed by atoms with Crippen LogP contribution in [0, 0.1) is 6.92 Å². The van der Waals surface area contributed by atoms with Crippen molar-refractivity contribution in [2.45, 2.75) is 33.6 Å². The highest BCUT2D eigenvalue weighted by molar-refractivity contribution is 5.72. The van der Waals surface area contributed by atoms with E-state index in [4.69, 9.17) is 4.74 Å². The molecule has 0 atom stereocenters. The van der Waals surface area contributed by atoms with Crippen molar-refractivity contribution in [2.75, 3.05) is 19.0 Å². The average Bonchev–Trinajstić information content (AvgIpc) is 2.47. The van der Waals surface area contributed by atoms with E-state index in [2.05, 4.69) is 49.0 Å². The average molecular weight is 285 g/mol. The van der Waals surface area contributed by atoms with Gasteiger partial charge in [-0.2, -0.15) is 0 Å². The van der Waals surface area contributed by atoms with Gasteiger partial charge in [-0.3, -0.25) is 0 Å². The molecular formula is C17H23N3O. The molecule has 1 N–H and O–H groups in total. The third-order valence-electron chi connectivity index (χ3n) is 3.49. The van der Waals surface area contributed by atoms with Crippen LogP contribution in [0.2, 0.25) is 0 Å². The van der Waals surface area contributed by atoms with Crippen LogP contribution in [0.1, 0.15) is 37.8 Å². The largest absolute Gasteiger partial charge is 0.497 e. The maximum Gasteiger partial charge on any atom is 0.133 e. The third-order valence-corrected chi connectivity index (χ3v) is 3.49. The summed E-state index contributed by atoms with van der Waals surface area (Å²) >= 11 is 0. The van der Waals surface area contributed by atoms with E-state index in [1.165, 1.54) is 0 Å². The summed E-state index contributed by atoms with van der Waals surface area (Å²) in [5.41, 5.74) is 4.43. The summed E-state index contributed by atoms with van der Waals surface area (Å²) in [6.07, 6.45) is 1.63. The van der Waals surface area contributed by atoms with E-state index in [1.54, 1.807) is 13.4 Å². The van der Waals surface area contributed by atoms with Crippen molar-refractivity contribution in [3.05, 3.63) is 35.7 Å². The lowest BCUT2D eigenvalue weighted by atomic mass is 9.95. The van der Waals surface area contributed by atoms with E-state index in [1.807, 2.05) is 12.1 Å². The minimum absolute atomic E-state index is 0.344. The van der Waals surface area contributed by atoms with Crippen molar-refractivity contribution in [1.82, 2.24) is 9.97 Å². The van der Waals surface area contributed by atoms with E-state index >= 15 is 0 Å². The van der Waals surface area contributed by atoms with Crippen LogP contribution in [-0.2, 0) is 0 Å². The third kappa shape index (κ3) is 3.15. The molecule has 4 heteroatoms. The Morgan fingerprint density at radius 3 is 2.57 bits per heavy atom. The molecule has 0 amide bonds. The second-order valence-corrected chi connectivity index (χ2v) is 5.35. The highest BCUT2D eigenvalue weighted by atomic mass is 16.5. The number of rotatable bonds is 5. The molecule has 0 bridgehead atoms. The maximum atomic E-state index is 5.28. The van der Waals surface area contributed by atoms with Gasteiger partial charge in [0.2, 0.25) is 0 Å². The molecule has 0 aliphatic heterocycles. The number of benzene rings is 1. The molecule has 2 aromatic rings. The van der Waals surface area contributed by atoms with E-state index in [0.29, 0.717) is 5.92 Å². The zero-order valence-corrected chi connectivity index (χ0v) is 13.4. The smallest absolute Gasteiger partial charge is 0.133 e. The molecular weight excluding hydrogens is 262 g/mol. The number of methoxy groups -OCH3 is 1. The topological polar surface area (TPSA) is 47.0 Å². The SMILES string of the molecule is CCNc1ncnc(-c2ccc(OC)cc2C)c1C(C)C. The van der Waals surface area contributed by atoms with Crippen molar-refractivity contribution in [2.24, 2.45) is 0 Å². The van der Waals surface area contributed by atoms with Gasteiger partial charge in [-0.1, -0.05) is 13.8 Å². The van der Waals surface area contributed by atoms with Gasteiger partial charge in [0, 0.05) is 17.7 Å². The molecule has 0 radical (unpaired) electrons. The van der Waals surface area contributed by atoms with Crippen LogP contribution in [0.3, 0.4) is 0 Å². The molecule has 0 unspecified atom stereocenters. The minimum Gasteiger partial charge on any atom is -0.497 e. The number of ether oxygens (including phenoxy) is 1. The predicted molar refractivity (Wildman–Crippen MR) is 87.0 cm³/mol. The molecule has 0 saturated heterocycles. The molecule has 0 aliphatic rings. The van der Waals surface area contributed by atoms with E-state index in [0.717, 1.165) is 40.5 Å². The van der Waals surface area contributed by atoms with Crippen LogP contribution in [0.25, 0.3) is 11.3 Å². The molecule has 112 valence electrons. The van der Waals surface area contributed by atoms with Crippen LogP contribution in [0.4, 0.5) is 5.82 Å². The fourth-order valence-corrected chi connectivity index (χ4v) is 2.49. The zero-order chi connectivity index (χ0) is 15.4. The molecule has 1 aromatic carbocycles. The Hall–Kier alpha value is -2.10. The van der Waals surface area contributed by atoms with E-state index < -0.39 is 0 Å². The van der Waals surface area contributed by atoms with Gasteiger partial charge in [0.15, 0.2) is 0 Å². The highest BCUT2D eigenvalue weighted by Crippen LogP contribution is 2.34. The van der Waals surface area contributed by atoms with Crippen LogP contribution >= 0.6 is 0 Å². The second kappa shape index (κ2) is 6.57. The number of aryl methyl sites for hydroxylation is 1. The fraction of sp³-hybridized carbons (Fsp3) is 0.412. The van der Waals surface area contributed by atoms with Gasteiger partial charge in [0.05, 0.1) is 12.8 Å². The number of hydrogen-bond acceptors (Lipinski definition) is 4. The van der Waals surface area contributed by atoms with E-state index in [9.17, 15) is 0 Å². The summed E-state index contributed by atoms with van der Waals surface area (Å²) in [7, 11) is 1.68. The normalized spacial score (nSPS) is 10.8. The molecule has 0 aliphatic carbocycles. The first-order valence-corrected chi connectivity index (χ1v) is 7.32. The van der Waals surface area contributed by atoms with Gasteiger partial charge in [0.25, 0.3) is 0 Å². The summed E-state index contributed by atoms with van der Waals surface area (Å²) in [5.74, 6) is 2.13. The van der Waals surface area contributed by atoms with Gasteiger partial charge in [-0.05, 0) is 43.5 Å². The molecule has 1 heterocycles. The second-order valence-electron chi connectivity index (χ2n) is 5.35. The Morgan fingerprint density at radius 2 is 2.00 bits per heavy atom. The number of aromatic nitrogens is 2. The summed E-state index contributed by atoms with van der Waals surface area (Å²) in [5, 5.41) is 3.33. The first-order valence-electron chi connectivity index (χ1n) is 7.32. The number of anilines is 1. The lowest BCUT2D eigenvalue weighted by Gasteiger charge is -2.18. The lowest BCUT2D eigenvalue weighted by molar-refractivity contribution is 0.414. The van der Waals surface area contributed by atoms with Gasteiger partial charge in [-0.25, -0.2) is 9.97 Å². The first-order chi connectivity index (χ1) is 10.1. The van der Waals surface area contributed by atoms with Crippen LogP contribution in [-0.4, -0.2) is 23.6 Å². The van der Waals surface area contributed by atoms with E-state index in [-0.39, 0.29) is 0 Å². The van der Waals surface area contributed by atoms with Crippen molar-refractivity contribution >= 4 is 5.82 Å². The predicted octanol–water partition coefficient (Wildman–Crippen LogP) is 4.02. The fourth-order valence-electron chi connectivity index (χ4n) is 2.49. The van der Waals surface area contributed by atoms with Crippen molar-refractivity contribution in [3.8, 4) is 17.0 Å². The summed E-state index contributed by atoms with van der Waals surface area (Å²) < 4.78 is 5.28. The zero-order valence-electron chi connectivity index (χ0n) is 13.4. The minimum atomic E-state index is 0.344. The van der Waals surface area contributed by atoms with Crippen molar-refractivity contribution in [1.29, 1.82) is 0 Å². The Morgan fingerprint density at radius 1 is 1.24 bits per heavy atom. The monoisotopic (exact) mass is 285 g/mol. The summed E-state index contributed by atoms with van der Waals surface area (Å²) in [6.45, 7) is 9.34. The molecule has 1 aromatic heterocycles. The van der Waals surface area contributed by atoms with Crippen molar-refractivity contribution in [3.63, 3.8) is 0 Å². The summed E-state index contributed by atoms with van der Waals surface area (Å²) in [6, 6.07) is 6.08. The Balaban J connectivity index is 2.60. The van der Waals surface area contributed by atoms with Crippen LogP contribution < -0.4 is 10.1 Å². The van der Waals surface area contributed by atoms with Gasteiger partial charge < -0.3 is 10.1 Å².